The van der Waals surface area contributed by atoms with Gasteiger partial charge >= 0.3 is 0 Å². The monoisotopic (exact) mass is 242 g/mol. The largest absolute Gasteiger partial charge is 0.312 e. The van der Waals surface area contributed by atoms with E-state index in [4.69, 9.17) is 0 Å². The molecule has 1 aromatic rings. The van der Waals surface area contributed by atoms with Gasteiger partial charge in [-0.25, -0.2) is 0 Å². The standard InChI is InChI=1S/C16H22N2/c1-13(14-6-3-2-4-7-14)10-18-11-15-8-5-9-17-16(15)12-18/h2-4,6-7,15-17H,1,5,8-12H2/t15-,16+/m0/s1. The van der Waals surface area contributed by atoms with E-state index in [0.29, 0.717) is 0 Å². The minimum Gasteiger partial charge on any atom is -0.312 e. The van der Waals surface area contributed by atoms with Crippen molar-refractivity contribution in [2.45, 2.75) is 18.9 Å². The fraction of sp³-hybridized carbons (Fsp3) is 0.500. The molecule has 3 rings (SSSR count). The van der Waals surface area contributed by atoms with Crippen LogP contribution in [-0.4, -0.2) is 37.1 Å². The summed E-state index contributed by atoms with van der Waals surface area (Å²) in [5, 5.41) is 3.65. The Labute approximate surface area is 110 Å². The number of likely N-dealkylation sites (tertiary alicyclic amines) is 1. The van der Waals surface area contributed by atoms with Crippen molar-refractivity contribution in [3.63, 3.8) is 0 Å². The van der Waals surface area contributed by atoms with E-state index < -0.39 is 0 Å². The van der Waals surface area contributed by atoms with E-state index in [1.807, 2.05) is 0 Å². The number of rotatable bonds is 3. The molecule has 18 heavy (non-hydrogen) atoms. The molecule has 2 heterocycles. The summed E-state index contributed by atoms with van der Waals surface area (Å²) in [6.07, 6.45) is 2.74. The topological polar surface area (TPSA) is 15.3 Å². The number of hydrogen-bond donors (Lipinski definition) is 1. The van der Waals surface area contributed by atoms with Gasteiger partial charge in [-0.05, 0) is 36.4 Å². The zero-order chi connectivity index (χ0) is 12.4. The number of nitrogens with one attached hydrogen (secondary N) is 1. The van der Waals surface area contributed by atoms with Crippen LogP contribution in [0.4, 0.5) is 0 Å². The average molecular weight is 242 g/mol. The van der Waals surface area contributed by atoms with Gasteiger partial charge in [0.05, 0.1) is 0 Å². The van der Waals surface area contributed by atoms with Crippen molar-refractivity contribution in [3.8, 4) is 0 Å². The number of hydrogen-bond acceptors (Lipinski definition) is 2. The Morgan fingerprint density at radius 1 is 1.28 bits per heavy atom. The molecule has 1 aromatic carbocycles. The molecule has 1 N–H and O–H groups in total. The van der Waals surface area contributed by atoms with E-state index in [1.165, 1.54) is 43.6 Å². The van der Waals surface area contributed by atoms with Crippen molar-refractivity contribution in [1.29, 1.82) is 0 Å². The second-order valence-corrected chi connectivity index (χ2v) is 5.63. The summed E-state index contributed by atoms with van der Waals surface area (Å²) in [4.78, 5) is 2.56. The lowest BCUT2D eigenvalue weighted by Gasteiger charge is -2.24. The molecule has 2 fully saturated rings. The minimum absolute atomic E-state index is 0.724. The summed E-state index contributed by atoms with van der Waals surface area (Å²) in [5.74, 6) is 0.863. The molecule has 0 amide bonds. The number of fused-ring (bicyclic) bond motifs is 1. The van der Waals surface area contributed by atoms with E-state index in [9.17, 15) is 0 Å². The summed E-state index contributed by atoms with van der Waals surface area (Å²) in [5.41, 5.74) is 2.52. The molecule has 96 valence electrons. The third-order valence-corrected chi connectivity index (χ3v) is 4.27. The lowest BCUT2D eigenvalue weighted by atomic mass is 9.94. The van der Waals surface area contributed by atoms with E-state index in [2.05, 4.69) is 47.1 Å². The third kappa shape index (κ3) is 2.50. The smallest absolute Gasteiger partial charge is 0.0235 e. The third-order valence-electron chi connectivity index (χ3n) is 4.27. The van der Waals surface area contributed by atoms with Gasteiger partial charge in [-0.15, -0.1) is 0 Å². The fourth-order valence-corrected chi connectivity index (χ4v) is 3.30. The molecular weight excluding hydrogens is 220 g/mol. The highest BCUT2D eigenvalue weighted by molar-refractivity contribution is 5.64. The SMILES string of the molecule is C=C(CN1C[C@@H]2CCCN[C@@H]2C1)c1ccccc1. The van der Waals surface area contributed by atoms with Crippen LogP contribution in [0.5, 0.6) is 0 Å². The maximum Gasteiger partial charge on any atom is 0.0235 e. The van der Waals surface area contributed by atoms with Gasteiger partial charge < -0.3 is 5.32 Å². The first-order chi connectivity index (χ1) is 8.83. The quantitative estimate of drug-likeness (QED) is 0.875. The number of benzene rings is 1. The molecule has 2 atom stereocenters. The van der Waals surface area contributed by atoms with E-state index >= 15 is 0 Å². The Morgan fingerprint density at radius 3 is 2.89 bits per heavy atom. The molecule has 2 saturated heterocycles. The van der Waals surface area contributed by atoms with E-state index in [0.717, 1.165) is 18.5 Å². The molecule has 0 saturated carbocycles. The van der Waals surface area contributed by atoms with Crippen LogP contribution >= 0.6 is 0 Å². The van der Waals surface area contributed by atoms with Crippen LogP contribution in [0, 0.1) is 5.92 Å². The van der Waals surface area contributed by atoms with Crippen molar-refractivity contribution >= 4 is 5.57 Å². The first kappa shape index (κ1) is 11.9. The molecule has 0 spiro atoms. The van der Waals surface area contributed by atoms with Crippen molar-refractivity contribution < 1.29 is 0 Å². The molecular formula is C16H22N2. The van der Waals surface area contributed by atoms with Crippen LogP contribution in [0.1, 0.15) is 18.4 Å². The van der Waals surface area contributed by atoms with Crippen LogP contribution in [0.2, 0.25) is 0 Å². The normalized spacial score (nSPS) is 28.0. The Morgan fingerprint density at radius 2 is 2.11 bits per heavy atom. The van der Waals surface area contributed by atoms with Crippen molar-refractivity contribution in [1.82, 2.24) is 10.2 Å². The molecule has 0 unspecified atom stereocenters. The maximum atomic E-state index is 4.24. The van der Waals surface area contributed by atoms with Gasteiger partial charge in [-0.2, -0.15) is 0 Å². The lowest BCUT2D eigenvalue weighted by Crippen LogP contribution is -2.40. The average Bonchev–Trinajstić information content (AvgIpc) is 2.82. The summed E-state index contributed by atoms with van der Waals surface area (Å²) in [7, 11) is 0. The number of nitrogens with zero attached hydrogens (tertiary/aromatic N) is 1. The van der Waals surface area contributed by atoms with Gasteiger partial charge in [0.2, 0.25) is 0 Å². The van der Waals surface area contributed by atoms with E-state index in [-0.39, 0.29) is 0 Å². The summed E-state index contributed by atoms with van der Waals surface area (Å²) in [6.45, 7) is 8.89. The Balaban J connectivity index is 1.59. The highest BCUT2D eigenvalue weighted by Crippen LogP contribution is 2.26. The molecule has 0 aliphatic carbocycles. The van der Waals surface area contributed by atoms with Gasteiger partial charge in [-0.1, -0.05) is 36.9 Å². The Kier molecular flexibility index (Phi) is 3.48. The molecule has 2 aliphatic heterocycles. The minimum atomic E-state index is 0.724. The van der Waals surface area contributed by atoms with Gasteiger partial charge in [0, 0.05) is 25.7 Å². The van der Waals surface area contributed by atoms with Crippen LogP contribution in [0.15, 0.2) is 36.9 Å². The molecule has 2 nitrogen and oxygen atoms in total. The summed E-state index contributed by atoms with van der Waals surface area (Å²) >= 11 is 0. The van der Waals surface area contributed by atoms with Gasteiger partial charge in [0.25, 0.3) is 0 Å². The Bertz CT molecular complexity index is 398. The van der Waals surface area contributed by atoms with Gasteiger partial charge in [-0.3, -0.25) is 4.90 Å². The first-order valence-corrected chi connectivity index (χ1v) is 7.02. The fourth-order valence-electron chi connectivity index (χ4n) is 3.30. The second kappa shape index (κ2) is 5.25. The highest BCUT2D eigenvalue weighted by Gasteiger charge is 2.33. The van der Waals surface area contributed by atoms with Crippen LogP contribution in [-0.2, 0) is 0 Å². The second-order valence-electron chi connectivity index (χ2n) is 5.63. The molecule has 0 bridgehead atoms. The lowest BCUT2D eigenvalue weighted by molar-refractivity contribution is 0.336. The zero-order valence-corrected chi connectivity index (χ0v) is 10.9. The predicted molar refractivity (Wildman–Crippen MR) is 76.4 cm³/mol. The molecule has 2 heteroatoms. The van der Waals surface area contributed by atoms with Gasteiger partial charge in [0.15, 0.2) is 0 Å². The molecule has 0 aromatic heterocycles. The van der Waals surface area contributed by atoms with Gasteiger partial charge in [0.1, 0.15) is 0 Å². The molecule has 2 aliphatic rings. The van der Waals surface area contributed by atoms with Crippen LogP contribution < -0.4 is 5.32 Å². The summed E-state index contributed by atoms with van der Waals surface area (Å²) in [6, 6.07) is 11.3. The van der Waals surface area contributed by atoms with Crippen molar-refractivity contribution in [2.24, 2.45) is 5.92 Å². The van der Waals surface area contributed by atoms with Crippen LogP contribution in [0.3, 0.4) is 0 Å². The maximum absolute atomic E-state index is 4.24. The van der Waals surface area contributed by atoms with Crippen LogP contribution in [0.25, 0.3) is 5.57 Å². The van der Waals surface area contributed by atoms with Crippen molar-refractivity contribution in [2.75, 3.05) is 26.2 Å². The molecule has 0 radical (unpaired) electrons. The van der Waals surface area contributed by atoms with E-state index in [1.54, 1.807) is 0 Å². The first-order valence-electron chi connectivity index (χ1n) is 7.02. The predicted octanol–water partition coefficient (Wildman–Crippen LogP) is 2.38. The zero-order valence-electron chi connectivity index (χ0n) is 10.9. The number of piperidine rings is 1. The Hall–Kier alpha value is -1.12. The highest BCUT2D eigenvalue weighted by atomic mass is 15.2. The summed E-state index contributed by atoms with van der Waals surface area (Å²) < 4.78 is 0. The van der Waals surface area contributed by atoms with Crippen molar-refractivity contribution in [3.05, 3.63) is 42.5 Å².